The van der Waals surface area contributed by atoms with Crippen molar-refractivity contribution in [1.29, 1.82) is 0 Å². The van der Waals surface area contributed by atoms with Gasteiger partial charge in [0.25, 0.3) is 0 Å². The summed E-state index contributed by atoms with van der Waals surface area (Å²) >= 11 is 0. The Hall–Kier alpha value is -1.35. The topological polar surface area (TPSA) is 29.5 Å². The molecule has 0 aromatic heterocycles. The van der Waals surface area contributed by atoms with Gasteiger partial charge in [-0.25, -0.2) is 0 Å². The number of rotatable bonds is 4. The number of hydrogen-bond acceptors (Lipinski definition) is 3. The van der Waals surface area contributed by atoms with Crippen LogP contribution in [-0.2, 0) is 0 Å². The second-order valence-corrected chi connectivity index (χ2v) is 5.27. The number of carbonyl (C=O) groups excluding carboxylic acids is 1. The number of hydrogen-bond donors (Lipinski definition) is 0. The van der Waals surface area contributed by atoms with Crippen LogP contribution in [0.3, 0.4) is 0 Å². The van der Waals surface area contributed by atoms with E-state index in [9.17, 15) is 4.79 Å². The van der Waals surface area contributed by atoms with Gasteiger partial charge in [0, 0.05) is 18.2 Å². The molecule has 2 unspecified atom stereocenters. The second kappa shape index (κ2) is 5.53. The van der Waals surface area contributed by atoms with Gasteiger partial charge in [-0.05, 0) is 31.4 Å². The highest BCUT2D eigenvalue weighted by molar-refractivity contribution is 5.98. The summed E-state index contributed by atoms with van der Waals surface area (Å²) in [6.07, 6.45) is 1.19. The number of Topliss-reactive ketones (excluding diaryl/α,β-unsaturated/α-hetero) is 1. The molecule has 2 atom stereocenters. The van der Waals surface area contributed by atoms with Crippen molar-refractivity contribution >= 4 is 5.78 Å². The van der Waals surface area contributed by atoms with Crippen LogP contribution in [-0.4, -0.2) is 36.9 Å². The van der Waals surface area contributed by atoms with E-state index in [0.29, 0.717) is 18.5 Å². The largest absolute Gasteiger partial charge is 0.497 e. The van der Waals surface area contributed by atoms with Gasteiger partial charge in [-0.3, -0.25) is 9.69 Å². The number of carbonyl (C=O) groups is 1. The first kappa shape index (κ1) is 13.1. The third-order valence-corrected chi connectivity index (χ3v) is 3.65. The Bertz CT molecular complexity index is 430. The van der Waals surface area contributed by atoms with Crippen LogP contribution in [0.1, 0.15) is 30.6 Å². The molecular weight excluding hydrogens is 226 g/mol. The Balaban J connectivity index is 2.03. The van der Waals surface area contributed by atoms with E-state index in [1.807, 2.05) is 24.3 Å². The SMILES string of the molecule is COc1cccc(C(=O)CN2CC(C)CC2C)c1. The molecule has 1 heterocycles. The highest BCUT2D eigenvalue weighted by Gasteiger charge is 2.27. The molecule has 0 amide bonds. The standard InChI is InChI=1S/C15H21NO2/c1-11-7-12(2)16(9-11)10-15(17)13-5-4-6-14(8-13)18-3/h4-6,8,11-12H,7,9-10H2,1-3H3. The summed E-state index contributed by atoms with van der Waals surface area (Å²) in [5, 5.41) is 0. The van der Waals surface area contributed by atoms with Gasteiger partial charge < -0.3 is 4.74 Å². The Kier molecular flexibility index (Phi) is 4.02. The lowest BCUT2D eigenvalue weighted by Crippen LogP contribution is -2.32. The van der Waals surface area contributed by atoms with E-state index in [2.05, 4.69) is 18.7 Å². The molecule has 1 fully saturated rings. The van der Waals surface area contributed by atoms with Crippen LogP contribution >= 0.6 is 0 Å². The maximum Gasteiger partial charge on any atom is 0.176 e. The summed E-state index contributed by atoms with van der Waals surface area (Å²) in [7, 11) is 1.62. The second-order valence-electron chi connectivity index (χ2n) is 5.27. The highest BCUT2D eigenvalue weighted by atomic mass is 16.5. The molecule has 0 radical (unpaired) electrons. The first-order valence-electron chi connectivity index (χ1n) is 6.51. The molecular formula is C15H21NO2. The Morgan fingerprint density at radius 1 is 1.44 bits per heavy atom. The summed E-state index contributed by atoms with van der Waals surface area (Å²) in [6.45, 7) is 5.98. The van der Waals surface area contributed by atoms with Crippen molar-refractivity contribution in [1.82, 2.24) is 4.90 Å². The van der Waals surface area contributed by atoms with Crippen LogP contribution in [0.4, 0.5) is 0 Å². The van der Waals surface area contributed by atoms with Gasteiger partial charge in [0.1, 0.15) is 5.75 Å². The van der Waals surface area contributed by atoms with Crippen molar-refractivity contribution in [3.8, 4) is 5.75 Å². The fourth-order valence-electron chi connectivity index (χ4n) is 2.68. The minimum Gasteiger partial charge on any atom is -0.497 e. The van der Waals surface area contributed by atoms with E-state index in [1.165, 1.54) is 6.42 Å². The van der Waals surface area contributed by atoms with Crippen molar-refractivity contribution in [2.45, 2.75) is 26.3 Å². The van der Waals surface area contributed by atoms with Crippen molar-refractivity contribution in [3.05, 3.63) is 29.8 Å². The number of ketones is 1. The van der Waals surface area contributed by atoms with Crippen molar-refractivity contribution in [3.63, 3.8) is 0 Å². The normalized spacial score (nSPS) is 24.2. The molecule has 0 spiro atoms. The van der Waals surface area contributed by atoms with Gasteiger partial charge in [-0.15, -0.1) is 0 Å². The molecule has 98 valence electrons. The van der Waals surface area contributed by atoms with E-state index in [4.69, 9.17) is 4.74 Å². The summed E-state index contributed by atoms with van der Waals surface area (Å²) in [4.78, 5) is 14.5. The number of methoxy groups -OCH3 is 1. The van der Waals surface area contributed by atoms with Gasteiger partial charge in [0.05, 0.1) is 13.7 Å². The average molecular weight is 247 g/mol. The minimum absolute atomic E-state index is 0.176. The summed E-state index contributed by atoms with van der Waals surface area (Å²) < 4.78 is 5.15. The lowest BCUT2D eigenvalue weighted by Gasteiger charge is -2.20. The highest BCUT2D eigenvalue weighted by Crippen LogP contribution is 2.22. The van der Waals surface area contributed by atoms with Gasteiger partial charge >= 0.3 is 0 Å². The Morgan fingerprint density at radius 3 is 2.83 bits per heavy atom. The summed E-state index contributed by atoms with van der Waals surface area (Å²) in [5.41, 5.74) is 0.737. The zero-order chi connectivity index (χ0) is 13.1. The van der Waals surface area contributed by atoms with E-state index in [1.54, 1.807) is 7.11 Å². The predicted octanol–water partition coefficient (Wildman–Crippen LogP) is 2.61. The average Bonchev–Trinajstić information content (AvgIpc) is 2.68. The molecule has 0 aliphatic carbocycles. The first-order chi connectivity index (χ1) is 8.60. The van der Waals surface area contributed by atoms with Gasteiger partial charge in [0.2, 0.25) is 0 Å². The molecule has 1 aromatic rings. The molecule has 1 aromatic carbocycles. The monoisotopic (exact) mass is 247 g/mol. The quantitative estimate of drug-likeness (QED) is 0.766. The zero-order valence-electron chi connectivity index (χ0n) is 11.3. The fourth-order valence-corrected chi connectivity index (χ4v) is 2.68. The molecule has 0 saturated carbocycles. The zero-order valence-corrected chi connectivity index (χ0v) is 11.3. The van der Waals surface area contributed by atoms with Crippen molar-refractivity contribution < 1.29 is 9.53 Å². The lowest BCUT2D eigenvalue weighted by molar-refractivity contribution is 0.0924. The van der Waals surface area contributed by atoms with Crippen LogP contribution in [0.5, 0.6) is 5.75 Å². The molecule has 3 heteroatoms. The van der Waals surface area contributed by atoms with E-state index in [-0.39, 0.29) is 5.78 Å². The van der Waals surface area contributed by atoms with Crippen LogP contribution in [0.2, 0.25) is 0 Å². The minimum atomic E-state index is 0.176. The third-order valence-electron chi connectivity index (χ3n) is 3.65. The number of benzene rings is 1. The number of nitrogens with zero attached hydrogens (tertiary/aromatic N) is 1. The molecule has 1 aliphatic rings. The molecule has 18 heavy (non-hydrogen) atoms. The third kappa shape index (κ3) is 2.91. The Morgan fingerprint density at radius 2 is 2.22 bits per heavy atom. The van der Waals surface area contributed by atoms with Crippen LogP contribution in [0, 0.1) is 5.92 Å². The van der Waals surface area contributed by atoms with E-state index in [0.717, 1.165) is 17.9 Å². The van der Waals surface area contributed by atoms with Gasteiger partial charge in [0.15, 0.2) is 5.78 Å². The lowest BCUT2D eigenvalue weighted by atomic mass is 10.1. The molecule has 0 bridgehead atoms. The molecule has 0 N–H and O–H groups in total. The maximum absolute atomic E-state index is 12.2. The van der Waals surface area contributed by atoms with Crippen molar-refractivity contribution in [2.24, 2.45) is 5.92 Å². The molecule has 1 saturated heterocycles. The Labute approximate surface area is 109 Å². The number of likely N-dealkylation sites (tertiary alicyclic amines) is 1. The predicted molar refractivity (Wildman–Crippen MR) is 72.1 cm³/mol. The van der Waals surface area contributed by atoms with Crippen molar-refractivity contribution in [2.75, 3.05) is 20.2 Å². The first-order valence-corrected chi connectivity index (χ1v) is 6.51. The summed E-state index contributed by atoms with van der Waals surface area (Å²) in [6, 6.07) is 7.90. The van der Waals surface area contributed by atoms with E-state index >= 15 is 0 Å². The smallest absolute Gasteiger partial charge is 0.176 e. The fraction of sp³-hybridized carbons (Fsp3) is 0.533. The van der Waals surface area contributed by atoms with Crippen LogP contribution in [0.25, 0.3) is 0 Å². The van der Waals surface area contributed by atoms with E-state index < -0.39 is 0 Å². The van der Waals surface area contributed by atoms with Gasteiger partial charge in [-0.2, -0.15) is 0 Å². The summed E-state index contributed by atoms with van der Waals surface area (Å²) in [5.74, 6) is 1.61. The van der Waals surface area contributed by atoms with Gasteiger partial charge in [-0.1, -0.05) is 19.1 Å². The molecule has 1 aliphatic heterocycles. The van der Waals surface area contributed by atoms with Crippen LogP contribution in [0.15, 0.2) is 24.3 Å². The molecule has 2 rings (SSSR count). The maximum atomic E-state index is 12.2. The number of ether oxygens (including phenoxy) is 1. The van der Waals surface area contributed by atoms with Crippen LogP contribution < -0.4 is 4.74 Å². The molecule has 3 nitrogen and oxygen atoms in total.